The summed E-state index contributed by atoms with van der Waals surface area (Å²) in [4.78, 5) is 34.0. The largest absolute Gasteiger partial charge is 0.451 e. The van der Waals surface area contributed by atoms with E-state index in [1.807, 2.05) is 0 Å². The van der Waals surface area contributed by atoms with Crippen molar-refractivity contribution in [3.8, 4) is 0 Å². The molecule has 0 aromatic heterocycles. The van der Waals surface area contributed by atoms with Crippen molar-refractivity contribution in [2.45, 2.75) is 13.0 Å². The normalized spacial score (nSPS) is 11.5. The van der Waals surface area contributed by atoms with Crippen molar-refractivity contribution in [1.29, 1.82) is 0 Å². The average Bonchev–Trinajstić information content (AvgIpc) is 2.54. The zero-order valence-corrected chi connectivity index (χ0v) is 11.8. The topological polar surface area (TPSA) is 86.5 Å². The molecule has 0 amide bonds. The maximum absolute atomic E-state index is 12.1. The van der Waals surface area contributed by atoms with Gasteiger partial charge in [-0.1, -0.05) is 30.3 Å². The number of hydrogen-bond acceptors (Lipinski definition) is 5. The molecule has 0 bridgehead atoms. The number of nitro groups is 1. The van der Waals surface area contributed by atoms with Crippen LogP contribution in [0, 0.1) is 10.1 Å². The number of non-ortho nitro benzene ring substituents is 1. The summed E-state index contributed by atoms with van der Waals surface area (Å²) in [5, 5.41) is 10.6. The molecule has 0 aliphatic carbocycles. The van der Waals surface area contributed by atoms with E-state index in [1.54, 1.807) is 30.3 Å². The number of esters is 1. The molecule has 0 heterocycles. The highest BCUT2D eigenvalue weighted by atomic mass is 16.6. The molecule has 0 fully saturated rings. The zero-order chi connectivity index (χ0) is 16.1. The summed E-state index contributed by atoms with van der Waals surface area (Å²) >= 11 is 0. The Labute approximate surface area is 126 Å². The van der Waals surface area contributed by atoms with Crippen molar-refractivity contribution in [3.05, 3.63) is 75.8 Å². The van der Waals surface area contributed by atoms with Crippen molar-refractivity contribution >= 4 is 17.4 Å². The van der Waals surface area contributed by atoms with Crippen LogP contribution in [0.3, 0.4) is 0 Å². The molecule has 0 saturated carbocycles. The molecule has 2 aromatic carbocycles. The number of carbonyl (C=O) groups is 2. The van der Waals surface area contributed by atoms with Gasteiger partial charge in [0.25, 0.3) is 5.69 Å². The summed E-state index contributed by atoms with van der Waals surface area (Å²) in [5.41, 5.74) is 0.481. The van der Waals surface area contributed by atoms with E-state index in [1.165, 1.54) is 31.2 Å². The van der Waals surface area contributed by atoms with Gasteiger partial charge in [0.1, 0.15) is 0 Å². The molecule has 0 spiro atoms. The molecule has 0 aliphatic rings. The van der Waals surface area contributed by atoms with E-state index in [0.717, 1.165) is 0 Å². The van der Waals surface area contributed by atoms with Gasteiger partial charge in [-0.3, -0.25) is 14.9 Å². The first kappa shape index (κ1) is 15.4. The number of carbonyl (C=O) groups excluding carboxylic acids is 2. The summed E-state index contributed by atoms with van der Waals surface area (Å²) in [6.07, 6.45) is -0.940. The van der Waals surface area contributed by atoms with E-state index in [2.05, 4.69) is 0 Å². The Kier molecular flexibility index (Phi) is 4.63. The molecule has 2 rings (SSSR count). The highest BCUT2D eigenvalue weighted by Crippen LogP contribution is 2.14. The molecule has 0 aliphatic heterocycles. The van der Waals surface area contributed by atoms with Gasteiger partial charge in [0.05, 0.1) is 10.5 Å². The molecule has 2 aromatic rings. The summed E-state index contributed by atoms with van der Waals surface area (Å²) in [7, 11) is 0. The Bertz CT molecular complexity index is 694. The average molecular weight is 299 g/mol. The molecule has 1 atom stereocenters. The van der Waals surface area contributed by atoms with Crippen LogP contribution in [0.5, 0.6) is 0 Å². The van der Waals surface area contributed by atoms with Gasteiger partial charge in [0.15, 0.2) is 6.10 Å². The number of Topliss-reactive ketones (excluding diaryl/α,β-unsaturated/α-hetero) is 1. The first-order valence-corrected chi connectivity index (χ1v) is 6.53. The van der Waals surface area contributed by atoms with Crippen molar-refractivity contribution in [2.75, 3.05) is 0 Å². The minimum absolute atomic E-state index is 0.120. The third-order valence-electron chi connectivity index (χ3n) is 3.03. The Morgan fingerprint density at radius 3 is 2.14 bits per heavy atom. The van der Waals surface area contributed by atoms with Crippen LogP contribution in [0.4, 0.5) is 5.69 Å². The maximum atomic E-state index is 12.1. The van der Waals surface area contributed by atoms with Gasteiger partial charge in [-0.25, -0.2) is 4.79 Å². The number of nitro benzene ring substituents is 1. The molecule has 0 radical (unpaired) electrons. The number of rotatable bonds is 5. The van der Waals surface area contributed by atoms with Crippen LogP contribution in [0.15, 0.2) is 54.6 Å². The highest BCUT2D eigenvalue weighted by Gasteiger charge is 2.20. The van der Waals surface area contributed by atoms with Gasteiger partial charge in [0, 0.05) is 17.7 Å². The Morgan fingerprint density at radius 2 is 1.59 bits per heavy atom. The maximum Gasteiger partial charge on any atom is 0.338 e. The first-order valence-electron chi connectivity index (χ1n) is 6.53. The summed E-state index contributed by atoms with van der Waals surface area (Å²) < 4.78 is 5.09. The van der Waals surface area contributed by atoms with E-state index in [-0.39, 0.29) is 17.0 Å². The molecule has 0 saturated heterocycles. The molecule has 1 unspecified atom stereocenters. The lowest BCUT2D eigenvalue weighted by molar-refractivity contribution is -0.384. The van der Waals surface area contributed by atoms with Gasteiger partial charge < -0.3 is 4.74 Å². The third-order valence-corrected chi connectivity index (χ3v) is 3.03. The molecule has 0 N–H and O–H groups in total. The van der Waals surface area contributed by atoms with Gasteiger partial charge in [-0.05, 0) is 19.1 Å². The Hall–Kier alpha value is -3.02. The van der Waals surface area contributed by atoms with Gasteiger partial charge >= 0.3 is 5.97 Å². The van der Waals surface area contributed by atoms with E-state index in [4.69, 9.17) is 4.74 Å². The number of hydrogen-bond donors (Lipinski definition) is 0. The molecule has 22 heavy (non-hydrogen) atoms. The summed E-state index contributed by atoms with van der Waals surface area (Å²) in [6.45, 7) is 1.48. The molecule has 112 valence electrons. The van der Waals surface area contributed by atoms with Crippen LogP contribution < -0.4 is 0 Å². The SMILES string of the molecule is CC(OC(=O)c1ccc([N+](=O)[O-])cc1)C(=O)c1ccccc1. The van der Waals surface area contributed by atoms with Crippen molar-refractivity contribution in [2.24, 2.45) is 0 Å². The van der Waals surface area contributed by atoms with Crippen LogP contribution in [-0.2, 0) is 4.74 Å². The second-order valence-corrected chi connectivity index (χ2v) is 4.58. The molecule has 6 heteroatoms. The summed E-state index contributed by atoms with van der Waals surface area (Å²) in [5.74, 6) is -1.01. The number of nitrogens with zero attached hydrogens (tertiary/aromatic N) is 1. The lowest BCUT2D eigenvalue weighted by Crippen LogP contribution is -2.24. The highest BCUT2D eigenvalue weighted by molar-refractivity contribution is 6.01. The third kappa shape index (κ3) is 3.54. The smallest absolute Gasteiger partial charge is 0.338 e. The minimum atomic E-state index is -0.940. The van der Waals surface area contributed by atoms with Crippen LogP contribution in [0.2, 0.25) is 0 Å². The second-order valence-electron chi connectivity index (χ2n) is 4.58. The van der Waals surface area contributed by atoms with Gasteiger partial charge in [-0.15, -0.1) is 0 Å². The van der Waals surface area contributed by atoms with Gasteiger partial charge in [0.2, 0.25) is 5.78 Å². The fraction of sp³-hybridized carbons (Fsp3) is 0.125. The summed E-state index contributed by atoms with van der Waals surface area (Å²) in [6, 6.07) is 13.5. The molecular formula is C16H13NO5. The van der Waals surface area contributed by atoms with E-state index < -0.39 is 17.0 Å². The molecular weight excluding hydrogens is 286 g/mol. The Morgan fingerprint density at radius 1 is 1.00 bits per heavy atom. The van der Waals surface area contributed by atoms with Gasteiger partial charge in [-0.2, -0.15) is 0 Å². The van der Waals surface area contributed by atoms with Crippen LogP contribution in [0.1, 0.15) is 27.6 Å². The van der Waals surface area contributed by atoms with E-state index in [9.17, 15) is 19.7 Å². The second kappa shape index (κ2) is 6.62. The van der Waals surface area contributed by atoms with E-state index in [0.29, 0.717) is 5.56 Å². The first-order chi connectivity index (χ1) is 10.5. The lowest BCUT2D eigenvalue weighted by Gasteiger charge is -2.12. The number of benzene rings is 2. The van der Waals surface area contributed by atoms with Crippen LogP contribution in [0.25, 0.3) is 0 Å². The predicted octanol–water partition coefficient (Wildman–Crippen LogP) is 3.02. The van der Waals surface area contributed by atoms with Crippen molar-refractivity contribution < 1.29 is 19.2 Å². The number of ketones is 1. The van der Waals surface area contributed by atoms with E-state index >= 15 is 0 Å². The van der Waals surface area contributed by atoms with Crippen LogP contribution in [-0.4, -0.2) is 22.8 Å². The fourth-order valence-corrected chi connectivity index (χ4v) is 1.84. The quantitative estimate of drug-likeness (QED) is 0.366. The standard InChI is InChI=1S/C16H13NO5/c1-11(15(18)12-5-3-2-4-6-12)22-16(19)13-7-9-14(10-8-13)17(20)21/h2-11H,1H3. The number of ether oxygens (including phenoxy) is 1. The zero-order valence-electron chi connectivity index (χ0n) is 11.8. The van der Waals surface area contributed by atoms with Crippen LogP contribution >= 0.6 is 0 Å². The Balaban J connectivity index is 2.05. The monoisotopic (exact) mass is 299 g/mol. The fourth-order valence-electron chi connectivity index (χ4n) is 1.84. The lowest BCUT2D eigenvalue weighted by atomic mass is 10.1. The van der Waals surface area contributed by atoms with Crippen molar-refractivity contribution in [1.82, 2.24) is 0 Å². The predicted molar refractivity (Wildman–Crippen MR) is 78.7 cm³/mol. The van der Waals surface area contributed by atoms with Crippen molar-refractivity contribution in [3.63, 3.8) is 0 Å². The molecule has 6 nitrogen and oxygen atoms in total. The minimum Gasteiger partial charge on any atom is -0.451 e.